The number of alkyl halides is 2. The second-order valence-corrected chi connectivity index (χ2v) is 4.59. The summed E-state index contributed by atoms with van der Waals surface area (Å²) in [6.45, 7) is 2.00. The summed E-state index contributed by atoms with van der Waals surface area (Å²) in [6.07, 6.45) is -0.0669. The van der Waals surface area contributed by atoms with Gasteiger partial charge in [-0.15, -0.1) is 0 Å². The van der Waals surface area contributed by atoms with Crippen LogP contribution in [0.25, 0.3) is 11.3 Å². The number of nitrogens with one attached hydrogen (secondary N) is 1. The Balaban J connectivity index is 1.88. The molecule has 17 heavy (non-hydrogen) atoms. The summed E-state index contributed by atoms with van der Waals surface area (Å²) in [5.74, 6) is -3.22. The van der Waals surface area contributed by atoms with Gasteiger partial charge in [-0.1, -0.05) is 29.8 Å². The zero-order valence-electron chi connectivity index (χ0n) is 9.37. The van der Waals surface area contributed by atoms with Gasteiger partial charge in [-0.3, -0.25) is 5.10 Å². The number of aryl methyl sites for hydroxylation is 1. The largest absolute Gasteiger partial charge is 0.281 e. The Bertz CT molecular complexity index is 543. The van der Waals surface area contributed by atoms with E-state index in [0.717, 1.165) is 11.3 Å². The molecule has 1 aromatic carbocycles. The van der Waals surface area contributed by atoms with Crippen LogP contribution in [0.2, 0.25) is 0 Å². The Morgan fingerprint density at radius 1 is 1.29 bits per heavy atom. The van der Waals surface area contributed by atoms with Gasteiger partial charge in [0.1, 0.15) is 0 Å². The summed E-state index contributed by atoms with van der Waals surface area (Å²) in [6, 6.07) is 9.57. The number of nitrogens with zero attached hydrogens (tertiary/aromatic N) is 1. The Morgan fingerprint density at radius 3 is 2.53 bits per heavy atom. The molecule has 1 atom stereocenters. The zero-order chi connectivity index (χ0) is 12.0. The van der Waals surface area contributed by atoms with Crippen molar-refractivity contribution in [2.75, 3.05) is 0 Å². The molecule has 2 aromatic rings. The van der Waals surface area contributed by atoms with Crippen LogP contribution >= 0.6 is 0 Å². The van der Waals surface area contributed by atoms with Gasteiger partial charge in [0.25, 0.3) is 5.92 Å². The maximum atomic E-state index is 12.9. The molecule has 1 aromatic heterocycles. The predicted molar refractivity (Wildman–Crippen MR) is 61.1 cm³/mol. The molecule has 0 bridgehead atoms. The van der Waals surface area contributed by atoms with Crippen LogP contribution < -0.4 is 0 Å². The van der Waals surface area contributed by atoms with Crippen LogP contribution in [0.5, 0.6) is 0 Å². The lowest BCUT2D eigenvalue weighted by Gasteiger charge is -1.96. The number of rotatable bonds is 2. The van der Waals surface area contributed by atoms with E-state index >= 15 is 0 Å². The Morgan fingerprint density at radius 2 is 1.94 bits per heavy atom. The van der Waals surface area contributed by atoms with Crippen LogP contribution in [0, 0.1) is 6.92 Å². The number of aromatic nitrogens is 2. The topological polar surface area (TPSA) is 28.7 Å². The molecule has 0 saturated heterocycles. The second kappa shape index (κ2) is 3.39. The molecule has 1 aliphatic carbocycles. The van der Waals surface area contributed by atoms with Crippen molar-refractivity contribution >= 4 is 0 Å². The van der Waals surface area contributed by atoms with Gasteiger partial charge < -0.3 is 0 Å². The standard InChI is InChI=1S/C13H12F2N2/c1-8-2-4-9(5-3-8)11-6-12(17-16-11)10-7-13(10,14)15/h2-6,10H,7H2,1H3,(H,16,17)/t10-/m0/s1. The number of aromatic amines is 1. The molecular weight excluding hydrogens is 222 g/mol. The number of hydrogen-bond acceptors (Lipinski definition) is 1. The highest BCUT2D eigenvalue weighted by Gasteiger charge is 2.58. The van der Waals surface area contributed by atoms with Gasteiger partial charge in [-0.05, 0) is 13.0 Å². The summed E-state index contributed by atoms with van der Waals surface area (Å²) < 4.78 is 25.8. The second-order valence-electron chi connectivity index (χ2n) is 4.59. The summed E-state index contributed by atoms with van der Waals surface area (Å²) in [5, 5.41) is 6.79. The molecule has 0 unspecified atom stereocenters. The lowest BCUT2D eigenvalue weighted by molar-refractivity contribution is 0.111. The maximum absolute atomic E-state index is 12.9. The van der Waals surface area contributed by atoms with E-state index in [1.54, 1.807) is 6.07 Å². The van der Waals surface area contributed by atoms with Crippen molar-refractivity contribution in [1.82, 2.24) is 10.2 Å². The Kier molecular flexibility index (Phi) is 2.08. The summed E-state index contributed by atoms with van der Waals surface area (Å²) in [5.41, 5.74) is 3.37. The lowest BCUT2D eigenvalue weighted by atomic mass is 10.1. The molecule has 1 heterocycles. The summed E-state index contributed by atoms with van der Waals surface area (Å²) in [7, 11) is 0. The zero-order valence-corrected chi connectivity index (χ0v) is 9.37. The minimum atomic E-state index is -2.54. The average molecular weight is 234 g/mol. The Labute approximate surface area is 97.7 Å². The first-order valence-electron chi connectivity index (χ1n) is 5.56. The third-order valence-electron chi connectivity index (χ3n) is 3.15. The van der Waals surface area contributed by atoms with Crippen LogP contribution in [-0.4, -0.2) is 16.1 Å². The van der Waals surface area contributed by atoms with Gasteiger partial charge in [-0.25, -0.2) is 8.78 Å². The third kappa shape index (κ3) is 1.84. The monoisotopic (exact) mass is 234 g/mol. The molecule has 0 amide bonds. The van der Waals surface area contributed by atoms with E-state index in [1.165, 1.54) is 5.56 Å². The van der Waals surface area contributed by atoms with E-state index in [-0.39, 0.29) is 6.42 Å². The molecule has 88 valence electrons. The van der Waals surface area contributed by atoms with Crippen molar-refractivity contribution in [2.24, 2.45) is 0 Å². The molecule has 1 aliphatic rings. The van der Waals surface area contributed by atoms with Gasteiger partial charge in [0.2, 0.25) is 0 Å². The third-order valence-corrected chi connectivity index (χ3v) is 3.15. The first-order chi connectivity index (χ1) is 8.06. The number of benzene rings is 1. The fourth-order valence-electron chi connectivity index (χ4n) is 1.94. The van der Waals surface area contributed by atoms with Crippen LogP contribution in [-0.2, 0) is 0 Å². The molecule has 1 fully saturated rings. The molecule has 0 radical (unpaired) electrons. The highest BCUT2D eigenvalue weighted by atomic mass is 19.3. The van der Waals surface area contributed by atoms with Gasteiger partial charge >= 0.3 is 0 Å². The van der Waals surface area contributed by atoms with Gasteiger partial charge in [-0.2, -0.15) is 5.10 Å². The first kappa shape index (κ1) is 10.4. The minimum absolute atomic E-state index is 0.0669. The number of hydrogen-bond donors (Lipinski definition) is 1. The van der Waals surface area contributed by atoms with Crippen LogP contribution in [0.3, 0.4) is 0 Å². The van der Waals surface area contributed by atoms with Gasteiger partial charge in [0.15, 0.2) is 0 Å². The first-order valence-corrected chi connectivity index (χ1v) is 5.56. The number of H-pyrrole nitrogens is 1. The highest BCUT2D eigenvalue weighted by Crippen LogP contribution is 2.55. The van der Waals surface area contributed by atoms with Crippen LogP contribution in [0.1, 0.15) is 23.6 Å². The molecule has 0 spiro atoms. The molecule has 4 heteroatoms. The van der Waals surface area contributed by atoms with Crippen molar-refractivity contribution in [3.8, 4) is 11.3 Å². The average Bonchev–Trinajstić information content (AvgIpc) is 2.76. The van der Waals surface area contributed by atoms with Crippen LogP contribution in [0.4, 0.5) is 8.78 Å². The SMILES string of the molecule is Cc1ccc(-c2cc([C@@H]3CC3(F)F)[nH]n2)cc1. The summed E-state index contributed by atoms with van der Waals surface area (Å²) in [4.78, 5) is 0. The normalized spacial score (nSPS) is 21.5. The highest BCUT2D eigenvalue weighted by molar-refractivity contribution is 5.60. The van der Waals surface area contributed by atoms with E-state index in [4.69, 9.17) is 0 Å². The Hall–Kier alpha value is -1.71. The van der Waals surface area contributed by atoms with Gasteiger partial charge in [0.05, 0.1) is 11.6 Å². The molecular formula is C13H12F2N2. The molecule has 1 N–H and O–H groups in total. The molecule has 3 rings (SSSR count). The van der Waals surface area contributed by atoms with Crippen molar-refractivity contribution in [3.05, 3.63) is 41.6 Å². The van der Waals surface area contributed by atoms with E-state index in [1.807, 2.05) is 31.2 Å². The lowest BCUT2D eigenvalue weighted by Crippen LogP contribution is -1.92. The molecule has 1 saturated carbocycles. The van der Waals surface area contributed by atoms with E-state index < -0.39 is 11.8 Å². The predicted octanol–water partition coefficient (Wildman–Crippen LogP) is 3.51. The minimum Gasteiger partial charge on any atom is -0.281 e. The molecule has 0 aliphatic heterocycles. The maximum Gasteiger partial charge on any atom is 0.257 e. The van der Waals surface area contributed by atoms with Crippen molar-refractivity contribution in [2.45, 2.75) is 25.2 Å². The van der Waals surface area contributed by atoms with Crippen molar-refractivity contribution in [3.63, 3.8) is 0 Å². The van der Waals surface area contributed by atoms with Gasteiger partial charge in [0, 0.05) is 17.7 Å². The molecule has 2 nitrogen and oxygen atoms in total. The quantitative estimate of drug-likeness (QED) is 0.846. The van der Waals surface area contributed by atoms with Crippen LogP contribution in [0.15, 0.2) is 30.3 Å². The number of halogens is 2. The summed E-state index contributed by atoms with van der Waals surface area (Å²) >= 11 is 0. The smallest absolute Gasteiger partial charge is 0.257 e. The fourth-order valence-corrected chi connectivity index (χ4v) is 1.94. The van der Waals surface area contributed by atoms with Crippen molar-refractivity contribution < 1.29 is 8.78 Å². The van der Waals surface area contributed by atoms with Crippen molar-refractivity contribution in [1.29, 1.82) is 0 Å². The van der Waals surface area contributed by atoms with E-state index in [9.17, 15) is 8.78 Å². The van der Waals surface area contributed by atoms with E-state index in [2.05, 4.69) is 10.2 Å². The van der Waals surface area contributed by atoms with E-state index in [0.29, 0.717) is 5.69 Å². The fraction of sp³-hybridized carbons (Fsp3) is 0.308.